The van der Waals surface area contributed by atoms with Gasteiger partial charge in [-0.2, -0.15) is 5.10 Å². The SMILES string of the molecule is CC(C)C(Cc1ccnn1C)C(=O)O. The molecule has 0 bridgehead atoms. The lowest BCUT2D eigenvalue weighted by Gasteiger charge is -2.15. The number of hydrogen-bond acceptors (Lipinski definition) is 2. The van der Waals surface area contributed by atoms with Gasteiger partial charge < -0.3 is 5.11 Å². The average Bonchev–Trinajstić information content (AvgIpc) is 2.46. The molecule has 0 aliphatic heterocycles. The summed E-state index contributed by atoms with van der Waals surface area (Å²) in [6.07, 6.45) is 2.23. The molecule has 0 aliphatic rings. The summed E-state index contributed by atoms with van der Waals surface area (Å²) in [6, 6.07) is 1.86. The Kier molecular flexibility index (Phi) is 3.28. The van der Waals surface area contributed by atoms with Crippen LogP contribution < -0.4 is 0 Å². The second-order valence-corrected chi connectivity index (χ2v) is 3.84. The molecule has 0 saturated heterocycles. The normalized spacial score (nSPS) is 13.1. The van der Waals surface area contributed by atoms with Crippen LogP contribution in [-0.2, 0) is 18.3 Å². The van der Waals surface area contributed by atoms with Crippen molar-refractivity contribution in [3.05, 3.63) is 18.0 Å². The Labute approximate surface area is 83.5 Å². The average molecular weight is 196 g/mol. The molecule has 0 spiro atoms. The van der Waals surface area contributed by atoms with Gasteiger partial charge in [0.25, 0.3) is 0 Å². The molecule has 0 saturated carbocycles. The van der Waals surface area contributed by atoms with Crippen LogP contribution in [-0.4, -0.2) is 20.9 Å². The maximum absolute atomic E-state index is 10.9. The molecule has 4 heteroatoms. The van der Waals surface area contributed by atoms with Gasteiger partial charge in [0.15, 0.2) is 0 Å². The van der Waals surface area contributed by atoms with Crippen molar-refractivity contribution in [1.29, 1.82) is 0 Å². The Morgan fingerprint density at radius 2 is 2.29 bits per heavy atom. The lowest BCUT2D eigenvalue weighted by molar-refractivity contribution is -0.143. The molecular weight excluding hydrogens is 180 g/mol. The van der Waals surface area contributed by atoms with Crippen molar-refractivity contribution in [1.82, 2.24) is 9.78 Å². The van der Waals surface area contributed by atoms with Crippen LogP contribution in [0.2, 0.25) is 0 Å². The van der Waals surface area contributed by atoms with E-state index in [2.05, 4.69) is 5.10 Å². The predicted octanol–water partition coefficient (Wildman–Crippen LogP) is 1.32. The van der Waals surface area contributed by atoms with Gasteiger partial charge in [-0.25, -0.2) is 0 Å². The third-order valence-corrected chi connectivity index (χ3v) is 2.47. The first-order valence-corrected chi connectivity index (χ1v) is 4.72. The molecule has 1 atom stereocenters. The van der Waals surface area contributed by atoms with Gasteiger partial charge in [-0.05, 0) is 12.0 Å². The Hall–Kier alpha value is -1.32. The summed E-state index contributed by atoms with van der Waals surface area (Å²) in [6.45, 7) is 3.85. The van der Waals surface area contributed by atoms with Crippen molar-refractivity contribution in [2.45, 2.75) is 20.3 Å². The lowest BCUT2D eigenvalue weighted by atomic mass is 9.91. The van der Waals surface area contributed by atoms with Crippen molar-refractivity contribution in [2.75, 3.05) is 0 Å². The maximum Gasteiger partial charge on any atom is 0.307 e. The number of hydrogen-bond donors (Lipinski definition) is 1. The molecule has 0 radical (unpaired) electrons. The minimum atomic E-state index is -0.735. The summed E-state index contributed by atoms with van der Waals surface area (Å²) in [5, 5.41) is 13.0. The first-order valence-electron chi connectivity index (χ1n) is 4.72. The van der Waals surface area contributed by atoms with E-state index in [9.17, 15) is 4.79 Å². The van der Waals surface area contributed by atoms with E-state index in [1.54, 1.807) is 10.9 Å². The summed E-state index contributed by atoms with van der Waals surface area (Å²) in [4.78, 5) is 10.9. The van der Waals surface area contributed by atoms with Crippen molar-refractivity contribution >= 4 is 5.97 Å². The van der Waals surface area contributed by atoms with Gasteiger partial charge in [-0.3, -0.25) is 9.48 Å². The molecule has 1 unspecified atom stereocenters. The summed E-state index contributed by atoms with van der Waals surface area (Å²) < 4.78 is 1.72. The minimum absolute atomic E-state index is 0.141. The number of aliphatic carboxylic acids is 1. The number of rotatable bonds is 4. The molecule has 0 fully saturated rings. The van der Waals surface area contributed by atoms with Gasteiger partial charge in [-0.1, -0.05) is 13.8 Å². The first-order chi connectivity index (χ1) is 6.52. The monoisotopic (exact) mass is 196 g/mol. The lowest BCUT2D eigenvalue weighted by Crippen LogP contribution is -2.23. The Balaban J connectivity index is 2.75. The zero-order valence-corrected chi connectivity index (χ0v) is 8.77. The van der Waals surface area contributed by atoms with Crippen LogP contribution in [0, 0.1) is 11.8 Å². The number of carboxylic acids is 1. The molecule has 1 rings (SSSR count). The molecule has 4 nitrogen and oxygen atoms in total. The van der Waals surface area contributed by atoms with E-state index >= 15 is 0 Å². The highest BCUT2D eigenvalue weighted by molar-refractivity contribution is 5.70. The third-order valence-electron chi connectivity index (χ3n) is 2.47. The van der Waals surface area contributed by atoms with Crippen LogP contribution in [0.3, 0.4) is 0 Å². The fraction of sp³-hybridized carbons (Fsp3) is 0.600. The van der Waals surface area contributed by atoms with E-state index in [1.165, 1.54) is 0 Å². The molecule has 0 aliphatic carbocycles. The highest BCUT2D eigenvalue weighted by Gasteiger charge is 2.22. The zero-order chi connectivity index (χ0) is 10.7. The number of carboxylic acid groups (broad SMARTS) is 1. The summed E-state index contributed by atoms with van der Waals surface area (Å²) in [5.41, 5.74) is 0.964. The van der Waals surface area contributed by atoms with Crippen LogP contribution in [0.25, 0.3) is 0 Å². The molecule has 1 aromatic heterocycles. The molecule has 1 aromatic rings. The number of carbonyl (C=O) groups is 1. The van der Waals surface area contributed by atoms with E-state index in [-0.39, 0.29) is 11.8 Å². The largest absolute Gasteiger partial charge is 0.481 e. The van der Waals surface area contributed by atoms with E-state index in [4.69, 9.17) is 5.11 Å². The zero-order valence-electron chi connectivity index (χ0n) is 8.77. The van der Waals surface area contributed by atoms with Crippen LogP contribution in [0.15, 0.2) is 12.3 Å². The summed E-state index contributed by atoms with van der Waals surface area (Å²) >= 11 is 0. The van der Waals surface area contributed by atoms with Gasteiger partial charge in [0.1, 0.15) is 0 Å². The predicted molar refractivity (Wildman–Crippen MR) is 52.9 cm³/mol. The number of aryl methyl sites for hydroxylation is 1. The second-order valence-electron chi connectivity index (χ2n) is 3.84. The van der Waals surface area contributed by atoms with Gasteiger partial charge in [-0.15, -0.1) is 0 Å². The molecule has 1 N–H and O–H groups in total. The van der Waals surface area contributed by atoms with Crippen LogP contribution in [0.1, 0.15) is 19.5 Å². The topological polar surface area (TPSA) is 55.1 Å². The van der Waals surface area contributed by atoms with E-state index in [0.29, 0.717) is 6.42 Å². The van der Waals surface area contributed by atoms with E-state index in [0.717, 1.165) is 5.69 Å². The molecule has 1 heterocycles. The Bertz CT molecular complexity index is 318. The Morgan fingerprint density at radius 1 is 1.64 bits per heavy atom. The molecule has 14 heavy (non-hydrogen) atoms. The molecular formula is C10H16N2O2. The minimum Gasteiger partial charge on any atom is -0.481 e. The highest BCUT2D eigenvalue weighted by atomic mass is 16.4. The van der Waals surface area contributed by atoms with Crippen LogP contribution >= 0.6 is 0 Å². The Morgan fingerprint density at radius 3 is 2.64 bits per heavy atom. The van der Waals surface area contributed by atoms with Crippen LogP contribution in [0.5, 0.6) is 0 Å². The van der Waals surface area contributed by atoms with Crippen molar-refractivity contribution in [3.8, 4) is 0 Å². The fourth-order valence-electron chi connectivity index (χ4n) is 1.44. The first kappa shape index (κ1) is 10.8. The van der Waals surface area contributed by atoms with Crippen molar-refractivity contribution < 1.29 is 9.90 Å². The van der Waals surface area contributed by atoms with Gasteiger partial charge in [0, 0.05) is 25.4 Å². The standard InChI is InChI=1S/C10H16N2O2/c1-7(2)9(10(13)14)6-8-4-5-11-12(8)3/h4-5,7,9H,6H2,1-3H3,(H,13,14). The quantitative estimate of drug-likeness (QED) is 0.790. The smallest absolute Gasteiger partial charge is 0.307 e. The summed E-state index contributed by atoms with van der Waals surface area (Å²) in [5.74, 6) is -0.922. The molecule has 0 aromatic carbocycles. The highest BCUT2D eigenvalue weighted by Crippen LogP contribution is 2.16. The second kappa shape index (κ2) is 4.26. The van der Waals surface area contributed by atoms with Gasteiger partial charge in [0.2, 0.25) is 0 Å². The third kappa shape index (κ3) is 2.34. The molecule has 78 valence electrons. The van der Waals surface area contributed by atoms with Crippen LogP contribution in [0.4, 0.5) is 0 Å². The summed E-state index contributed by atoms with van der Waals surface area (Å²) in [7, 11) is 1.83. The van der Waals surface area contributed by atoms with Gasteiger partial charge >= 0.3 is 5.97 Å². The molecule has 0 amide bonds. The number of nitrogens with zero attached hydrogens (tertiary/aromatic N) is 2. The van der Waals surface area contributed by atoms with Crippen molar-refractivity contribution in [3.63, 3.8) is 0 Å². The fourth-order valence-corrected chi connectivity index (χ4v) is 1.44. The van der Waals surface area contributed by atoms with Crippen molar-refractivity contribution in [2.24, 2.45) is 18.9 Å². The van der Waals surface area contributed by atoms with E-state index < -0.39 is 5.97 Å². The number of aromatic nitrogens is 2. The maximum atomic E-state index is 10.9. The van der Waals surface area contributed by atoms with E-state index in [1.807, 2.05) is 27.0 Å². The van der Waals surface area contributed by atoms with Gasteiger partial charge in [0.05, 0.1) is 5.92 Å².